The zero-order chi connectivity index (χ0) is 17.0. The number of carbonyl (C=O) groups is 1. The quantitative estimate of drug-likeness (QED) is 0.735. The Morgan fingerprint density at radius 3 is 2.62 bits per heavy atom. The summed E-state index contributed by atoms with van der Waals surface area (Å²) >= 11 is 12.8. The monoisotopic (exact) mass is 370 g/mol. The maximum atomic E-state index is 12.2. The van der Waals surface area contributed by atoms with Crippen LogP contribution in [0.3, 0.4) is 0 Å². The number of likely N-dealkylation sites (tertiary alicyclic amines) is 1. The Labute approximate surface area is 155 Å². The number of hydrogen-bond donors (Lipinski definition) is 1. The molecule has 0 spiro atoms. The molecule has 1 aliphatic heterocycles. The number of rotatable bonds is 5. The van der Waals surface area contributed by atoms with E-state index in [2.05, 4.69) is 16.3 Å². The molecule has 0 aromatic carbocycles. The first kappa shape index (κ1) is 18.3. The zero-order valence-electron chi connectivity index (χ0n) is 14.3. The van der Waals surface area contributed by atoms with Gasteiger partial charge in [-0.25, -0.2) is 0 Å². The molecule has 1 N–H and O–H groups in total. The molecule has 3 rings (SSSR count). The molecule has 134 valence electrons. The van der Waals surface area contributed by atoms with Crippen LogP contribution in [-0.4, -0.2) is 41.4 Å². The average molecular weight is 371 g/mol. The van der Waals surface area contributed by atoms with Crippen LogP contribution in [0.2, 0.25) is 0 Å². The van der Waals surface area contributed by atoms with Crippen molar-refractivity contribution in [2.24, 2.45) is 5.92 Å². The van der Waals surface area contributed by atoms with Gasteiger partial charge in [-0.15, -0.1) is 11.6 Å². The van der Waals surface area contributed by atoms with Crippen molar-refractivity contribution in [1.29, 1.82) is 0 Å². The number of nitrogens with one attached hydrogen (secondary N) is 1. The van der Waals surface area contributed by atoms with E-state index in [1.807, 2.05) is 12.2 Å². The Hall–Kier alpha value is -0.510. The van der Waals surface area contributed by atoms with Gasteiger partial charge in [0.2, 0.25) is 5.91 Å². The number of allylic oxidation sites excluding steroid dienone is 3. The van der Waals surface area contributed by atoms with Crippen LogP contribution in [0.15, 0.2) is 23.3 Å². The molecule has 1 heterocycles. The van der Waals surface area contributed by atoms with E-state index in [0.717, 1.165) is 43.9 Å². The molecule has 2 fully saturated rings. The van der Waals surface area contributed by atoms with Crippen LogP contribution in [0, 0.1) is 5.92 Å². The summed E-state index contributed by atoms with van der Waals surface area (Å²) in [6, 6.07) is 0.326. The molecule has 1 amide bonds. The fourth-order valence-electron chi connectivity index (χ4n) is 4.20. The highest BCUT2D eigenvalue weighted by Crippen LogP contribution is 2.33. The minimum Gasteiger partial charge on any atom is -0.353 e. The zero-order valence-corrected chi connectivity index (χ0v) is 15.8. The lowest BCUT2D eigenvalue weighted by atomic mass is 9.96. The Morgan fingerprint density at radius 1 is 1.25 bits per heavy atom. The van der Waals surface area contributed by atoms with E-state index in [1.54, 1.807) is 0 Å². The number of amides is 1. The molecule has 3 aliphatic rings. The molecule has 2 aliphatic carbocycles. The van der Waals surface area contributed by atoms with Gasteiger partial charge in [-0.2, -0.15) is 0 Å². The number of hydrogen-bond acceptors (Lipinski definition) is 2. The molecule has 24 heavy (non-hydrogen) atoms. The lowest BCUT2D eigenvalue weighted by Crippen LogP contribution is -2.48. The van der Waals surface area contributed by atoms with Gasteiger partial charge in [0.05, 0.1) is 4.87 Å². The smallest absolute Gasteiger partial charge is 0.220 e. The van der Waals surface area contributed by atoms with Gasteiger partial charge in [-0.05, 0) is 37.7 Å². The van der Waals surface area contributed by atoms with Gasteiger partial charge in [-0.3, -0.25) is 4.79 Å². The topological polar surface area (TPSA) is 32.3 Å². The first-order valence-electron chi connectivity index (χ1n) is 9.27. The normalized spacial score (nSPS) is 29.7. The summed E-state index contributed by atoms with van der Waals surface area (Å²) in [5.74, 6) is 0.874. The van der Waals surface area contributed by atoms with Crippen LogP contribution < -0.4 is 5.32 Å². The molecule has 0 aromatic rings. The van der Waals surface area contributed by atoms with Crippen molar-refractivity contribution in [2.75, 3.05) is 19.6 Å². The van der Waals surface area contributed by atoms with Gasteiger partial charge in [0, 0.05) is 43.6 Å². The number of halogens is 2. The Kier molecular flexibility index (Phi) is 6.28. The van der Waals surface area contributed by atoms with E-state index in [4.69, 9.17) is 23.2 Å². The molecule has 1 saturated carbocycles. The highest BCUT2D eigenvalue weighted by atomic mass is 35.5. The second-order valence-electron chi connectivity index (χ2n) is 7.66. The van der Waals surface area contributed by atoms with Gasteiger partial charge in [-0.1, -0.05) is 36.6 Å². The summed E-state index contributed by atoms with van der Waals surface area (Å²) in [5.41, 5.74) is 0. The maximum Gasteiger partial charge on any atom is 0.220 e. The van der Waals surface area contributed by atoms with Gasteiger partial charge in [0.1, 0.15) is 0 Å². The second-order valence-corrected chi connectivity index (χ2v) is 8.89. The van der Waals surface area contributed by atoms with Crippen LogP contribution in [0.25, 0.3) is 0 Å². The van der Waals surface area contributed by atoms with E-state index in [1.165, 1.54) is 25.7 Å². The summed E-state index contributed by atoms with van der Waals surface area (Å²) in [7, 11) is 0. The lowest BCUT2D eigenvalue weighted by molar-refractivity contribution is -0.123. The van der Waals surface area contributed by atoms with E-state index in [0.29, 0.717) is 18.4 Å². The molecular formula is C19H28Cl2N2O. The van der Waals surface area contributed by atoms with Gasteiger partial charge in [0.25, 0.3) is 0 Å². The van der Waals surface area contributed by atoms with Gasteiger partial charge in [0.15, 0.2) is 0 Å². The number of piperidine rings is 1. The Bertz CT molecular complexity index is 505. The third-order valence-corrected chi connectivity index (χ3v) is 6.16. The molecule has 0 radical (unpaired) electrons. The average Bonchev–Trinajstić information content (AvgIpc) is 3.01. The van der Waals surface area contributed by atoms with Crippen molar-refractivity contribution in [2.45, 2.75) is 62.3 Å². The molecular weight excluding hydrogens is 343 g/mol. The largest absolute Gasteiger partial charge is 0.353 e. The molecule has 1 atom stereocenters. The number of nitrogens with zero attached hydrogens (tertiary/aromatic N) is 1. The fraction of sp³-hybridized carbons (Fsp3) is 0.737. The first-order chi connectivity index (χ1) is 11.5. The molecule has 5 heteroatoms. The minimum absolute atomic E-state index is 0.251. The predicted molar refractivity (Wildman–Crippen MR) is 100 cm³/mol. The highest BCUT2D eigenvalue weighted by Gasteiger charge is 2.31. The number of carbonyl (C=O) groups excluding carboxylic acids is 1. The third kappa shape index (κ3) is 5.24. The molecule has 1 unspecified atom stereocenters. The lowest BCUT2D eigenvalue weighted by Gasteiger charge is -2.37. The van der Waals surface area contributed by atoms with Crippen molar-refractivity contribution >= 4 is 29.1 Å². The van der Waals surface area contributed by atoms with E-state index in [-0.39, 0.29) is 10.8 Å². The maximum absolute atomic E-state index is 12.2. The van der Waals surface area contributed by atoms with Crippen molar-refractivity contribution in [3.63, 3.8) is 0 Å². The first-order valence-corrected chi connectivity index (χ1v) is 10.0. The van der Waals surface area contributed by atoms with Crippen LogP contribution >= 0.6 is 23.2 Å². The van der Waals surface area contributed by atoms with Crippen molar-refractivity contribution in [1.82, 2.24) is 10.2 Å². The van der Waals surface area contributed by atoms with E-state index < -0.39 is 0 Å². The van der Waals surface area contributed by atoms with Crippen LogP contribution in [-0.2, 0) is 4.79 Å². The Balaban J connectivity index is 1.38. The third-order valence-electron chi connectivity index (χ3n) is 5.52. The van der Waals surface area contributed by atoms with E-state index >= 15 is 0 Å². The molecule has 3 nitrogen and oxygen atoms in total. The SMILES string of the molecule is O=C(CC1CCCC1)NC1CCN(CC2(Cl)C=CC=C(Cl)C2)CC1. The van der Waals surface area contributed by atoms with Gasteiger partial charge < -0.3 is 10.2 Å². The Morgan fingerprint density at radius 2 is 1.96 bits per heavy atom. The predicted octanol–water partition coefficient (Wildman–Crippen LogP) is 4.21. The summed E-state index contributed by atoms with van der Waals surface area (Å²) in [6.45, 7) is 2.79. The summed E-state index contributed by atoms with van der Waals surface area (Å²) < 4.78 is 0. The van der Waals surface area contributed by atoms with Gasteiger partial charge >= 0.3 is 0 Å². The fourth-order valence-corrected chi connectivity index (χ4v) is 4.97. The van der Waals surface area contributed by atoms with Crippen LogP contribution in [0.1, 0.15) is 51.4 Å². The molecule has 0 bridgehead atoms. The second kappa shape index (κ2) is 8.25. The summed E-state index contributed by atoms with van der Waals surface area (Å²) in [5, 5.41) is 4.06. The molecule has 0 aromatic heterocycles. The van der Waals surface area contributed by atoms with Crippen LogP contribution in [0.4, 0.5) is 0 Å². The standard InChI is InChI=1S/C19H28Cl2N2O/c20-16-6-3-9-19(21,13-16)14-23-10-7-17(8-11-23)22-18(24)12-15-4-1-2-5-15/h3,6,9,15,17H,1-2,4-5,7-8,10-14H2,(H,22,24). The summed E-state index contributed by atoms with van der Waals surface area (Å²) in [6.07, 6.45) is 14.4. The minimum atomic E-state index is -0.385. The van der Waals surface area contributed by atoms with Crippen LogP contribution in [0.5, 0.6) is 0 Å². The summed E-state index contributed by atoms with van der Waals surface area (Å²) in [4.78, 5) is 14.2. The highest BCUT2D eigenvalue weighted by molar-refractivity contribution is 6.32. The van der Waals surface area contributed by atoms with Crippen molar-refractivity contribution in [3.05, 3.63) is 23.3 Å². The van der Waals surface area contributed by atoms with E-state index in [9.17, 15) is 4.79 Å². The van der Waals surface area contributed by atoms with Crippen molar-refractivity contribution in [3.8, 4) is 0 Å². The number of alkyl halides is 1. The van der Waals surface area contributed by atoms with Crippen molar-refractivity contribution < 1.29 is 4.79 Å². The molecule has 1 saturated heterocycles.